The van der Waals surface area contributed by atoms with Crippen LogP contribution in [0.25, 0.3) is 55.3 Å². The molecule has 10 aromatic rings. The van der Waals surface area contributed by atoms with Crippen molar-refractivity contribution in [2.45, 2.75) is 5.41 Å². The molecule has 1 aliphatic carbocycles. The summed E-state index contributed by atoms with van der Waals surface area (Å²) in [5, 5.41) is 1.62. The number of para-hydroxylation sites is 1. The molecule has 0 spiro atoms. The molecule has 0 fully saturated rings. The number of anilines is 3. The van der Waals surface area contributed by atoms with Gasteiger partial charge in [0.2, 0.25) is 0 Å². The summed E-state index contributed by atoms with van der Waals surface area (Å²) in [5.41, 5.74) is 7.35. The highest BCUT2D eigenvalue weighted by molar-refractivity contribution is 6.06. The standard InChI is InChI=1S/C55H37NO/c1-4-14-38(15-5-1)39-24-29-44(30-25-39)56(45-31-26-40(27-32-45)41-28-35-54-50(36-41)49-21-11-13-23-53(49)57-54)46-33-34-48-47-20-10-12-22-51(47)55(52(48)37-46,42-16-6-2-7-17-42)43-18-8-3-9-19-43/h1-37H/i24D,25D,26D,27D,29D,30D,31D,32D. The maximum absolute atomic E-state index is 9.78. The fourth-order valence-corrected chi connectivity index (χ4v) is 8.55. The van der Waals surface area contributed by atoms with Crippen LogP contribution in [-0.2, 0) is 5.41 Å². The van der Waals surface area contributed by atoms with Crippen LogP contribution in [0.5, 0.6) is 0 Å². The van der Waals surface area contributed by atoms with Crippen molar-refractivity contribution in [3.05, 3.63) is 247 Å². The van der Waals surface area contributed by atoms with Gasteiger partial charge in [-0.1, -0.05) is 170 Å². The summed E-state index contributed by atoms with van der Waals surface area (Å²) >= 11 is 0. The van der Waals surface area contributed by atoms with Crippen molar-refractivity contribution >= 4 is 39.0 Å². The summed E-state index contributed by atoms with van der Waals surface area (Å²) in [6.45, 7) is 0. The van der Waals surface area contributed by atoms with E-state index in [4.69, 9.17) is 4.42 Å². The van der Waals surface area contributed by atoms with Crippen molar-refractivity contribution in [1.82, 2.24) is 0 Å². The molecule has 0 saturated carbocycles. The Bertz CT molecular complexity index is 3440. The molecule has 57 heavy (non-hydrogen) atoms. The predicted octanol–water partition coefficient (Wildman–Crippen LogP) is 14.8. The number of fused-ring (bicyclic) bond motifs is 6. The Morgan fingerprint density at radius 3 is 1.60 bits per heavy atom. The first-order valence-corrected chi connectivity index (χ1v) is 18.9. The van der Waals surface area contributed by atoms with Gasteiger partial charge in [-0.3, -0.25) is 0 Å². The first-order chi connectivity index (χ1) is 31.6. The van der Waals surface area contributed by atoms with E-state index in [1.807, 2.05) is 97.1 Å². The van der Waals surface area contributed by atoms with Gasteiger partial charge in [0, 0.05) is 27.8 Å². The third-order valence-corrected chi connectivity index (χ3v) is 11.1. The summed E-state index contributed by atoms with van der Waals surface area (Å²) in [6.07, 6.45) is 0. The first kappa shape index (κ1) is 25.6. The van der Waals surface area contributed by atoms with Crippen molar-refractivity contribution in [2.75, 3.05) is 4.90 Å². The molecular formula is C55H37NO. The monoisotopic (exact) mass is 735 g/mol. The molecule has 268 valence electrons. The molecule has 0 unspecified atom stereocenters. The maximum atomic E-state index is 9.78. The number of rotatable bonds is 7. The largest absolute Gasteiger partial charge is 0.456 e. The van der Waals surface area contributed by atoms with E-state index in [9.17, 15) is 11.0 Å². The molecule has 0 atom stereocenters. The van der Waals surface area contributed by atoms with E-state index in [2.05, 4.69) is 36.4 Å². The highest BCUT2D eigenvalue weighted by Gasteiger charge is 2.46. The van der Waals surface area contributed by atoms with Gasteiger partial charge in [-0.15, -0.1) is 0 Å². The van der Waals surface area contributed by atoms with Crippen LogP contribution in [0.3, 0.4) is 0 Å². The summed E-state index contributed by atoms with van der Waals surface area (Å²) < 4.78 is 82.9. The molecule has 1 aromatic heterocycles. The van der Waals surface area contributed by atoms with Crippen LogP contribution in [0, 0.1) is 0 Å². The predicted molar refractivity (Wildman–Crippen MR) is 237 cm³/mol. The third-order valence-electron chi connectivity index (χ3n) is 11.1. The molecule has 9 aromatic carbocycles. The molecule has 2 nitrogen and oxygen atoms in total. The van der Waals surface area contributed by atoms with Crippen molar-refractivity contribution in [1.29, 1.82) is 0 Å². The Kier molecular flexibility index (Phi) is 6.02. The van der Waals surface area contributed by atoms with Crippen LogP contribution in [0.4, 0.5) is 17.1 Å². The quantitative estimate of drug-likeness (QED) is 0.162. The fraction of sp³-hybridized carbons (Fsp3) is 0.0182. The lowest BCUT2D eigenvalue weighted by atomic mass is 9.67. The van der Waals surface area contributed by atoms with Gasteiger partial charge in [-0.05, 0) is 110 Å². The van der Waals surface area contributed by atoms with Gasteiger partial charge in [0.25, 0.3) is 0 Å². The Balaban J connectivity index is 1.21. The number of furan rings is 1. The van der Waals surface area contributed by atoms with Crippen molar-refractivity contribution in [2.24, 2.45) is 0 Å². The zero-order chi connectivity index (χ0) is 44.7. The van der Waals surface area contributed by atoms with Gasteiger partial charge in [-0.2, -0.15) is 0 Å². The van der Waals surface area contributed by atoms with E-state index in [0.717, 1.165) is 44.2 Å². The molecule has 0 radical (unpaired) electrons. The van der Waals surface area contributed by atoms with E-state index < -0.39 is 29.6 Å². The van der Waals surface area contributed by atoms with Gasteiger partial charge in [0.15, 0.2) is 0 Å². The fourth-order valence-electron chi connectivity index (χ4n) is 8.55. The summed E-state index contributed by atoms with van der Waals surface area (Å²) in [6, 6.07) is 53.2. The van der Waals surface area contributed by atoms with E-state index in [0.29, 0.717) is 28.0 Å². The Morgan fingerprint density at radius 2 is 0.912 bits per heavy atom. The van der Waals surface area contributed by atoms with Crippen LogP contribution in [-0.4, -0.2) is 0 Å². The summed E-state index contributed by atoms with van der Waals surface area (Å²) in [5.74, 6) is 0. The van der Waals surface area contributed by atoms with Gasteiger partial charge in [-0.25, -0.2) is 0 Å². The first-order valence-electron chi connectivity index (χ1n) is 22.9. The SMILES string of the molecule is [2H]c1c([2H])c(N(c2ccc3c(c2)C(c2ccccc2)(c2ccccc2)c2ccccc2-3)c2c([2H])c([2H])c(-c3ccc4oc5ccccc5c4c3)c([2H])c2[2H])c([2H])c([2H])c1-c1ccccc1. The molecule has 0 N–H and O–H groups in total. The van der Waals surface area contributed by atoms with Crippen molar-refractivity contribution < 1.29 is 15.4 Å². The van der Waals surface area contributed by atoms with Gasteiger partial charge in [0.1, 0.15) is 11.2 Å². The molecule has 0 saturated heterocycles. The average Bonchev–Trinajstić information content (AvgIpc) is 3.86. The van der Waals surface area contributed by atoms with Crippen LogP contribution in [0.2, 0.25) is 0 Å². The molecule has 1 heterocycles. The minimum atomic E-state index is -0.865. The van der Waals surface area contributed by atoms with Crippen LogP contribution in [0.15, 0.2) is 229 Å². The molecule has 0 aliphatic heterocycles. The lowest BCUT2D eigenvalue weighted by molar-refractivity contribution is 0.669. The van der Waals surface area contributed by atoms with Crippen LogP contribution in [0.1, 0.15) is 33.2 Å². The molecule has 2 heteroatoms. The Morgan fingerprint density at radius 1 is 0.368 bits per heavy atom. The maximum Gasteiger partial charge on any atom is 0.135 e. The summed E-state index contributed by atoms with van der Waals surface area (Å²) in [4.78, 5) is 1.40. The number of hydrogen-bond donors (Lipinski definition) is 0. The minimum absolute atomic E-state index is 0.0754. The Hall–Kier alpha value is -7.42. The van der Waals surface area contributed by atoms with Crippen LogP contribution < -0.4 is 4.90 Å². The van der Waals surface area contributed by atoms with E-state index in [1.54, 1.807) is 42.5 Å². The second-order valence-corrected chi connectivity index (χ2v) is 14.2. The van der Waals surface area contributed by atoms with E-state index in [1.165, 1.54) is 4.90 Å². The second kappa shape index (κ2) is 13.4. The minimum Gasteiger partial charge on any atom is -0.456 e. The third kappa shape index (κ3) is 5.33. The van der Waals surface area contributed by atoms with E-state index in [-0.39, 0.29) is 46.7 Å². The molecular weight excluding hydrogens is 691 g/mol. The number of nitrogens with zero attached hydrogens (tertiary/aromatic N) is 1. The number of hydrogen-bond acceptors (Lipinski definition) is 2. The zero-order valence-corrected chi connectivity index (χ0v) is 30.6. The number of benzene rings is 9. The summed E-state index contributed by atoms with van der Waals surface area (Å²) in [7, 11) is 0. The van der Waals surface area contributed by atoms with E-state index >= 15 is 0 Å². The lowest BCUT2D eigenvalue weighted by Gasteiger charge is -2.35. The highest BCUT2D eigenvalue weighted by Crippen LogP contribution is 2.57. The Labute approximate surface area is 343 Å². The van der Waals surface area contributed by atoms with Gasteiger partial charge < -0.3 is 9.32 Å². The van der Waals surface area contributed by atoms with Crippen LogP contribution >= 0.6 is 0 Å². The smallest absolute Gasteiger partial charge is 0.135 e. The normalized spacial score (nSPS) is 14.7. The lowest BCUT2D eigenvalue weighted by Crippen LogP contribution is -2.28. The van der Waals surface area contributed by atoms with Crippen molar-refractivity contribution in [3.63, 3.8) is 0 Å². The second-order valence-electron chi connectivity index (χ2n) is 14.2. The van der Waals surface area contributed by atoms with Gasteiger partial charge >= 0.3 is 0 Å². The molecule has 0 amide bonds. The van der Waals surface area contributed by atoms with Crippen molar-refractivity contribution in [3.8, 4) is 33.4 Å². The zero-order valence-electron chi connectivity index (χ0n) is 38.6. The van der Waals surface area contributed by atoms with Gasteiger partial charge in [0.05, 0.1) is 16.4 Å². The topological polar surface area (TPSA) is 16.4 Å². The molecule has 1 aliphatic rings. The molecule has 0 bridgehead atoms. The molecule has 11 rings (SSSR count). The highest BCUT2D eigenvalue weighted by atomic mass is 16.3. The average molecular weight is 736 g/mol.